The molecule has 2 aromatic rings. The second-order valence-electron chi connectivity index (χ2n) is 7.04. The first-order valence-corrected chi connectivity index (χ1v) is 10.0. The zero-order chi connectivity index (χ0) is 21.9. The fourth-order valence-corrected chi connectivity index (χ4v) is 2.77. The van der Waals surface area contributed by atoms with Crippen molar-refractivity contribution in [2.24, 2.45) is 5.92 Å². The largest absolute Gasteiger partial charge is 0.445 e. The number of aromatic nitrogens is 2. The van der Waals surface area contributed by atoms with Crippen LogP contribution in [-0.2, 0) is 27.5 Å². The number of hydrazine groups is 1. The van der Waals surface area contributed by atoms with Gasteiger partial charge in [-0.3, -0.25) is 20.1 Å². The highest BCUT2D eigenvalue weighted by Crippen LogP contribution is 2.08. The van der Waals surface area contributed by atoms with Crippen LogP contribution in [0, 0.1) is 5.92 Å². The summed E-state index contributed by atoms with van der Waals surface area (Å²) in [6, 6.07) is 9.99. The SMILES string of the molecule is CC(C)CC(NC(=O)OCc1ccccc1)C(=O)NN(Cc1cc[nH]n1)C(=O)CCl. The molecular formula is C20H26ClN5O4. The number of alkyl halides is 1. The van der Waals surface area contributed by atoms with Crippen molar-refractivity contribution >= 4 is 29.5 Å². The second-order valence-corrected chi connectivity index (χ2v) is 7.31. The number of carbonyl (C=O) groups is 3. The first-order chi connectivity index (χ1) is 14.4. The Labute approximate surface area is 180 Å². The summed E-state index contributed by atoms with van der Waals surface area (Å²) in [7, 11) is 0. The smallest absolute Gasteiger partial charge is 0.408 e. The summed E-state index contributed by atoms with van der Waals surface area (Å²) in [5.41, 5.74) is 3.90. The maximum Gasteiger partial charge on any atom is 0.408 e. The molecule has 1 heterocycles. The summed E-state index contributed by atoms with van der Waals surface area (Å²) in [6.45, 7) is 3.96. The van der Waals surface area contributed by atoms with Gasteiger partial charge in [0.2, 0.25) is 0 Å². The van der Waals surface area contributed by atoms with Gasteiger partial charge in [-0.1, -0.05) is 44.2 Å². The Morgan fingerprint density at radius 1 is 1.20 bits per heavy atom. The first kappa shape index (κ1) is 23.2. The number of hydrogen-bond donors (Lipinski definition) is 3. The molecule has 3 N–H and O–H groups in total. The van der Waals surface area contributed by atoms with Gasteiger partial charge in [-0.25, -0.2) is 9.80 Å². The number of alkyl carbamates (subject to hydrolysis) is 1. The summed E-state index contributed by atoms with van der Waals surface area (Å²) in [6.07, 6.45) is 1.24. The summed E-state index contributed by atoms with van der Waals surface area (Å²) >= 11 is 5.66. The minimum absolute atomic E-state index is 0.0354. The van der Waals surface area contributed by atoms with Crippen LogP contribution in [0.15, 0.2) is 42.6 Å². The van der Waals surface area contributed by atoms with Crippen LogP contribution >= 0.6 is 11.6 Å². The van der Waals surface area contributed by atoms with Crippen molar-refractivity contribution in [1.29, 1.82) is 0 Å². The van der Waals surface area contributed by atoms with Crippen molar-refractivity contribution in [3.05, 3.63) is 53.9 Å². The van der Waals surface area contributed by atoms with Gasteiger partial charge < -0.3 is 10.1 Å². The van der Waals surface area contributed by atoms with E-state index < -0.39 is 23.9 Å². The third kappa shape index (κ3) is 7.75. The fourth-order valence-electron chi connectivity index (χ4n) is 2.62. The standard InChI is InChI=1S/C20H26ClN5O4/c1-14(2)10-17(23-20(29)30-13-15-6-4-3-5-7-15)19(28)25-26(18(27)11-21)12-16-8-9-22-24-16/h3-9,14,17H,10-13H2,1-2H3,(H,22,24)(H,23,29)(H,25,28). The molecular weight excluding hydrogens is 410 g/mol. The Morgan fingerprint density at radius 3 is 2.53 bits per heavy atom. The number of rotatable bonds is 9. The zero-order valence-corrected chi connectivity index (χ0v) is 17.7. The molecule has 9 nitrogen and oxygen atoms in total. The van der Waals surface area contributed by atoms with Crippen molar-refractivity contribution in [1.82, 2.24) is 25.9 Å². The maximum absolute atomic E-state index is 12.8. The number of aromatic amines is 1. The molecule has 162 valence electrons. The number of nitrogens with one attached hydrogen (secondary N) is 3. The molecule has 0 saturated carbocycles. The van der Waals surface area contributed by atoms with E-state index in [9.17, 15) is 14.4 Å². The number of benzene rings is 1. The normalized spacial score (nSPS) is 11.6. The van der Waals surface area contributed by atoms with E-state index in [1.165, 1.54) is 0 Å². The predicted molar refractivity (Wildman–Crippen MR) is 111 cm³/mol. The van der Waals surface area contributed by atoms with E-state index in [1.54, 1.807) is 12.3 Å². The molecule has 1 aromatic heterocycles. The van der Waals surface area contributed by atoms with Gasteiger partial charge in [0.25, 0.3) is 11.8 Å². The Kier molecular flexibility index (Phi) is 9.14. The van der Waals surface area contributed by atoms with Crippen LogP contribution in [-0.4, -0.2) is 45.0 Å². The number of halogens is 1. The molecule has 0 fully saturated rings. The molecule has 0 radical (unpaired) electrons. The molecule has 30 heavy (non-hydrogen) atoms. The highest BCUT2D eigenvalue weighted by molar-refractivity contribution is 6.27. The van der Waals surface area contributed by atoms with Crippen LogP contribution < -0.4 is 10.7 Å². The van der Waals surface area contributed by atoms with Gasteiger partial charge in [0.1, 0.15) is 18.5 Å². The van der Waals surface area contributed by atoms with Gasteiger partial charge in [0.05, 0.1) is 12.2 Å². The quantitative estimate of drug-likeness (QED) is 0.413. The number of carbonyl (C=O) groups excluding carboxylic acids is 3. The van der Waals surface area contributed by atoms with E-state index in [4.69, 9.17) is 16.3 Å². The first-order valence-electron chi connectivity index (χ1n) is 9.51. The van der Waals surface area contributed by atoms with Gasteiger partial charge in [-0.15, -0.1) is 11.6 Å². The summed E-state index contributed by atoms with van der Waals surface area (Å²) in [4.78, 5) is 37.1. The van der Waals surface area contributed by atoms with E-state index in [0.29, 0.717) is 12.1 Å². The van der Waals surface area contributed by atoms with Crippen LogP contribution in [0.5, 0.6) is 0 Å². The lowest BCUT2D eigenvalue weighted by atomic mass is 10.0. The van der Waals surface area contributed by atoms with Gasteiger partial charge >= 0.3 is 6.09 Å². The number of ether oxygens (including phenoxy) is 1. The second kappa shape index (κ2) is 11.8. The topological polar surface area (TPSA) is 116 Å². The van der Waals surface area contributed by atoms with Crippen molar-refractivity contribution in [2.75, 3.05) is 5.88 Å². The van der Waals surface area contributed by atoms with E-state index in [-0.39, 0.29) is 24.9 Å². The van der Waals surface area contributed by atoms with E-state index >= 15 is 0 Å². The van der Waals surface area contributed by atoms with Crippen LogP contribution in [0.4, 0.5) is 4.79 Å². The summed E-state index contributed by atoms with van der Waals surface area (Å²) in [5, 5.41) is 10.3. The number of hydrogen-bond acceptors (Lipinski definition) is 5. The maximum atomic E-state index is 12.8. The average Bonchev–Trinajstić information content (AvgIpc) is 3.24. The monoisotopic (exact) mass is 435 g/mol. The van der Waals surface area contributed by atoms with Crippen molar-refractivity contribution < 1.29 is 19.1 Å². The fraction of sp³-hybridized carbons (Fsp3) is 0.400. The third-order valence-electron chi connectivity index (χ3n) is 4.07. The summed E-state index contributed by atoms with van der Waals surface area (Å²) < 4.78 is 5.20. The Bertz CT molecular complexity index is 814. The Hall–Kier alpha value is -3.07. The van der Waals surface area contributed by atoms with Crippen molar-refractivity contribution in [3.63, 3.8) is 0 Å². The molecule has 3 amide bonds. The molecule has 1 atom stereocenters. The predicted octanol–water partition coefficient (Wildman–Crippen LogP) is 2.35. The lowest BCUT2D eigenvalue weighted by Crippen LogP contribution is -2.54. The van der Waals surface area contributed by atoms with Crippen LogP contribution in [0.25, 0.3) is 0 Å². The van der Waals surface area contributed by atoms with Gasteiger partial charge in [0, 0.05) is 6.20 Å². The van der Waals surface area contributed by atoms with Crippen molar-refractivity contribution in [3.8, 4) is 0 Å². The van der Waals surface area contributed by atoms with E-state index in [2.05, 4.69) is 20.9 Å². The van der Waals surface area contributed by atoms with E-state index in [0.717, 1.165) is 10.6 Å². The highest BCUT2D eigenvalue weighted by Gasteiger charge is 2.26. The van der Waals surface area contributed by atoms with Crippen LogP contribution in [0.1, 0.15) is 31.5 Å². The molecule has 0 aliphatic rings. The lowest BCUT2D eigenvalue weighted by molar-refractivity contribution is -0.141. The van der Waals surface area contributed by atoms with Crippen molar-refractivity contribution in [2.45, 2.75) is 39.5 Å². The third-order valence-corrected chi connectivity index (χ3v) is 4.30. The van der Waals surface area contributed by atoms with Gasteiger partial charge in [0.15, 0.2) is 0 Å². The van der Waals surface area contributed by atoms with Gasteiger partial charge in [-0.05, 0) is 24.0 Å². The molecule has 0 saturated heterocycles. The lowest BCUT2D eigenvalue weighted by Gasteiger charge is -2.26. The van der Waals surface area contributed by atoms with Crippen LogP contribution in [0.2, 0.25) is 0 Å². The van der Waals surface area contributed by atoms with Crippen LogP contribution in [0.3, 0.4) is 0 Å². The Morgan fingerprint density at radius 2 is 1.93 bits per heavy atom. The minimum atomic E-state index is -0.891. The number of amides is 3. The molecule has 0 aliphatic carbocycles. The highest BCUT2D eigenvalue weighted by atomic mass is 35.5. The molecule has 0 bridgehead atoms. The van der Waals surface area contributed by atoms with Gasteiger partial charge in [-0.2, -0.15) is 5.10 Å². The Balaban J connectivity index is 1.99. The zero-order valence-electron chi connectivity index (χ0n) is 16.9. The molecule has 2 rings (SSSR count). The minimum Gasteiger partial charge on any atom is -0.445 e. The van der Waals surface area contributed by atoms with E-state index in [1.807, 2.05) is 44.2 Å². The molecule has 10 heteroatoms. The number of H-pyrrole nitrogens is 1. The summed E-state index contributed by atoms with van der Waals surface area (Å²) in [5.74, 6) is -1.25. The molecule has 1 unspecified atom stereocenters. The molecule has 0 aliphatic heterocycles. The molecule has 1 aromatic carbocycles. The number of nitrogens with zero attached hydrogens (tertiary/aromatic N) is 2. The average molecular weight is 436 g/mol. The molecule has 0 spiro atoms.